The van der Waals surface area contributed by atoms with Crippen molar-refractivity contribution in [1.29, 1.82) is 0 Å². The Labute approximate surface area is 94.9 Å². The van der Waals surface area contributed by atoms with Gasteiger partial charge in [-0.3, -0.25) is 0 Å². The summed E-state index contributed by atoms with van der Waals surface area (Å²) in [6, 6.07) is 12.8. The lowest BCUT2D eigenvalue weighted by Crippen LogP contribution is -1.78. The molecule has 0 unspecified atom stereocenters. The van der Waals surface area contributed by atoms with Gasteiger partial charge in [0.05, 0.1) is 0 Å². The maximum Gasteiger partial charge on any atom is 0.0348 e. The van der Waals surface area contributed by atoms with Crippen LogP contribution in [0.15, 0.2) is 47.9 Å². The summed E-state index contributed by atoms with van der Waals surface area (Å²) in [6.45, 7) is 2.16. The van der Waals surface area contributed by atoms with Gasteiger partial charge >= 0.3 is 0 Å². The van der Waals surface area contributed by atoms with E-state index in [2.05, 4.69) is 60.9 Å². The molecule has 0 nitrogen and oxygen atoms in total. The van der Waals surface area contributed by atoms with Crippen molar-refractivity contribution in [3.63, 3.8) is 0 Å². The number of rotatable bonds is 3. The standard InChI is InChI=1S/C14H14S/c1-2-3-7-12-8-4-5-9-13(12)14-10-6-11-15-14/h3-11H,2H2,1H3/b7-3+. The van der Waals surface area contributed by atoms with Crippen molar-refractivity contribution in [2.45, 2.75) is 13.3 Å². The number of benzene rings is 1. The van der Waals surface area contributed by atoms with Crippen LogP contribution in [0.25, 0.3) is 16.5 Å². The van der Waals surface area contributed by atoms with Crippen LogP contribution in [0.5, 0.6) is 0 Å². The molecule has 2 rings (SSSR count). The highest BCUT2D eigenvalue weighted by molar-refractivity contribution is 7.13. The number of hydrogen-bond acceptors (Lipinski definition) is 1. The number of allylic oxidation sites excluding steroid dienone is 1. The van der Waals surface area contributed by atoms with Crippen molar-refractivity contribution in [2.24, 2.45) is 0 Å². The molecule has 0 radical (unpaired) electrons. The molecule has 1 heteroatoms. The highest BCUT2D eigenvalue weighted by atomic mass is 32.1. The molecule has 1 aromatic heterocycles. The van der Waals surface area contributed by atoms with Crippen molar-refractivity contribution < 1.29 is 0 Å². The molecule has 1 aromatic carbocycles. The Bertz CT molecular complexity index is 438. The Morgan fingerprint density at radius 3 is 2.73 bits per heavy atom. The van der Waals surface area contributed by atoms with E-state index >= 15 is 0 Å². The van der Waals surface area contributed by atoms with E-state index in [-0.39, 0.29) is 0 Å². The summed E-state index contributed by atoms with van der Waals surface area (Å²) in [7, 11) is 0. The average molecular weight is 214 g/mol. The first kappa shape index (κ1) is 10.2. The summed E-state index contributed by atoms with van der Waals surface area (Å²) in [5.41, 5.74) is 2.64. The molecule has 0 atom stereocenters. The number of hydrogen-bond donors (Lipinski definition) is 0. The van der Waals surface area contributed by atoms with Crippen molar-refractivity contribution in [1.82, 2.24) is 0 Å². The van der Waals surface area contributed by atoms with E-state index in [9.17, 15) is 0 Å². The minimum absolute atomic E-state index is 1.08. The van der Waals surface area contributed by atoms with E-state index in [1.54, 1.807) is 11.3 Å². The van der Waals surface area contributed by atoms with E-state index in [1.165, 1.54) is 16.0 Å². The van der Waals surface area contributed by atoms with Gasteiger partial charge in [-0.05, 0) is 29.0 Å². The molecule has 0 fully saturated rings. The third kappa shape index (κ3) is 2.37. The van der Waals surface area contributed by atoms with Gasteiger partial charge in [-0.25, -0.2) is 0 Å². The lowest BCUT2D eigenvalue weighted by molar-refractivity contribution is 1.23. The van der Waals surface area contributed by atoms with Crippen LogP contribution >= 0.6 is 11.3 Å². The van der Waals surface area contributed by atoms with Gasteiger partial charge in [-0.15, -0.1) is 11.3 Å². The van der Waals surface area contributed by atoms with E-state index in [4.69, 9.17) is 0 Å². The van der Waals surface area contributed by atoms with E-state index in [0.29, 0.717) is 0 Å². The molecule has 0 saturated carbocycles. The van der Waals surface area contributed by atoms with Crippen LogP contribution < -0.4 is 0 Å². The molecule has 0 bridgehead atoms. The fourth-order valence-electron chi connectivity index (χ4n) is 1.54. The minimum Gasteiger partial charge on any atom is -0.144 e. The second-order valence-corrected chi connectivity index (χ2v) is 4.32. The monoisotopic (exact) mass is 214 g/mol. The molecule has 0 aliphatic carbocycles. The van der Waals surface area contributed by atoms with E-state index in [1.807, 2.05) is 0 Å². The largest absolute Gasteiger partial charge is 0.144 e. The SMILES string of the molecule is CC/C=C/c1ccccc1-c1cccs1. The zero-order valence-corrected chi connectivity index (χ0v) is 9.63. The van der Waals surface area contributed by atoms with Gasteiger partial charge in [-0.2, -0.15) is 0 Å². The van der Waals surface area contributed by atoms with Gasteiger partial charge in [-0.1, -0.05) is 49.4 Å². The molecule has 0 saturated heterocycles. The summed E-state index contributed by atoms with van der Waals surface area (Å²) in [5, 5.41) is 2.12. The number of thiophene rings is 1. The van der Waals surface area contributed by atoms with Crippen LogP contribution in [0.1, 0.15) is 18.9 Å². The molecule has 1 heterocycles. The predicted octanol–water partition coefficient (Wildman–Crippen LogP) is 4.84. The first-order valence-corrected chi connectivity index (χ1v) is 6.09. The van der Waals surface area contributed by atoms with E-state index < -0.39 is 0 Å². The molecule has 0 N–H and O–H groups in total. The Morgan fingerprint density at radius 2 is 2.00 bits per heavy atom. The van der Waals surface area contributed by atoms with Crippen LogP contribution in [0.4, 0.5) is 0 Å². The molecule has 0 aliphatic rings. The maximum atomic E-state index is 2.20. The summed E-state index contributed by atoms with van der Waals surface area (Å²) in [6.07, 6.45) is 5.49. The molecule has 0 spiro atoms. The maximum absolute atomic E-state index is 2.20. The van der Waals surface area contributed by atoms with Gasteiger partial charge in [0.15, 0.2) is 0 Å². The van der Waals surface area contributed by atoms with Crippen molar-refractivity contribution in [2.75, 3.05) is 0 Å². The molecular weight excluding hydrogens is 200 g/mol. The van der Waals surface area contributed by atoms with Crippen molar-refractivity contribution >= 4 is 17.4 Å². The Morgan fingerprint density at radius 1 is 1.13 bits per heavy atom. The second kappa shape index (κ2) is 4.94. The van der Waals surface area contributed by atoms with Crippen molar-refractivity contribution in [3.05, 3.63) is 53.4 Å². The summed E-state index contributed by atoms with van der Waals surface area (Å²) in [5.74, 6) is 0. The topological polar surface area (TPSA) is 0 Å². The predicted molar refractivity (Wildman–Crippen MR) is 69.1 cm³/mol. The quantitative estimate of drug-likeness (QED) is 0.686. The van der Waals surface area contributed by atoms with Crippen LogP contribution in [0, 0.1) is 0 Å². The van der Waals surface area contributed by atoms with E-state index in [0.717, 1.165) is 6.42 Å². The van der Waals surface area contributed by atoms with Crippen LogP contribution in [0.2, 0.25) is 0 Å². The first-order valence-electron chi connectivity index (χ1n) is 5.21. The van der Waals surface area contributed by atoms with Gasteiger partial charge in [0.2, 0.25) is 0 Å². The molecule has 2 aromatic rings. The Balaban J connectivity index is 2.43. The zero-order chi connectivity index (χ0) is 10.5. The average Bonchev–Trinajstić information content (AvgIpc) is 2.80. The smallest absolute Gasteiger partial charge is 0.0348 e. The lowest BCUT2D eigenvalue weighted by atomic mass is 10.1. The molecule has 76 valence electrons. The Kier molecular flexibility index (Phi) is 3.36. The zero-order valence-electron chi connectivity index (χ0n) is 8.81. The van der Waals surface area contributed by atoms with Gasteiger partial charge in [0.1, 0.15) is 0 Å². The minimum atomic E-state index is 1.08. The van der Waals surface area contributed by atoms with Crippen molar-refractivity contribution in [3.8, 4) is 10.4 Å². The second-order valence-electron chi connectivity index (χ2n) is 3.38. The van der Waals surface area contributed by atoms with Crippen LogP contribution in [0.3, 0.4) is 0 Å². The molecule has 0 aliphatic heterocycles. The fourth-order valence-corrected chi connectivity index (χ4v) is 2.32. The van der Waals surface area contributed by atoms with Crippen LogP contribution in [-0.4, -0.2) is 0 Å². The van der Waals surface area contributed by atoms with Gasteiger partial charge in [0.25, 0.3) is 0 Å². The normalized spacial score (nSPS) is 11.0. The first-order chi connectivity index (χ1) is 7.42. The third-order valence-corrected chi connectivity index (χ3v) is 3.18. The molecular formula is C14H14S. The molecule has 0 amide bonds. The summed E-state index contributed by atoms with van der Waals surface area (Å²) >= 11 is 1.79. The summed E-state index contributed by atoms with van der Waals surface area (Å²) in [4.78, 5) is 1.34. The van der Waals surface area contributed by atoms with Gasteiger partial charge in [0, 0.05) is 4.88 Å². The molecule has 15 heavy (non-hydrogen) atoms. The highest BCUT2D eigenvalue weighted by Crippen LogP contribution is 2.28. The highest BCUT2D eigenvalue weighted by Gasteiger charge is 2.01. The Hall–Kier alpha value is -1.34. The lowest BCUT2D eigenvalue weighted by Gasteiger charge is -2.02. The third-order valence-electron chi connectivity index (χ3n) is 2.28. The van der Waals surface area contributed by atoms with Gasteiger partial charge < -0.3 is 0 Å². The summed E-state index contributed by atoms with van der Waals surface area (Å²) < 4.78 is 0. The van der Waals surface area contributed by atoms with Crippen LogP contribution in [-0.2, 0) is 0 Å². The fraction of sp³-hybridized carbons (Fsp3) is 0.143.